The molecule has 0 saturated carbocycles. The van der Waals surface area contributed by atoms with E-state index in [4.69, 9.17) is 0 Å². The third-order valence-corrected chi connectivity index (χ3v) is 5.15. The van der Waals surface area contributed by atoms with Crippen LogP contribution in [-0.4, -0.2) is 40.5 Å². The number of nitrogens with zero attached hydrogens (tertiary/aromatic N) is 3. The standard InChI is InChI=1S/C19H25N5OS/c1-3-20-19(21-8-9-24-13-14(2)11-23-24)22-12-16(25)18-10-15-6-4-5-7-17(15)26-18/h4-7,10-11,13,16,25H,3,8-9,12H2,1-2H3,(H2,20,21,22). The number of aliphatic hydroxyl groups excluding tert-OH is 1. The number of guanidine groups is 1. The van der Waals surface area contributed by atoms with Gasteiger partial charge in [0.1, 0.15) is 6.10 Å². The number of rotatable bonds is 7. The molecule has 7 heteroatoms. The van der Waals surface area contributed by atoms with Gasteiger partial charge in [-0.25, -0.2) is 0 Å². The van der Waals surface area contributed by atoms with Crippen LogP contribution in [0.25, 0.3) is 10.1 Å². The molecule has 0 fully saturated rings. The van der Waals surface area contributed by atoms with Crippen LogP contribution >= 0.6 is 11.3 Å². The van der Waals surface area contributed by atoms with E-state index in [0.717, 1.165) is 28.9 Å². The normalized spacial score (nSPS) is 13.1. The quantitative estimate of drug-likeness (QED) is 0.441. The fourth-order valence-corrected chi connectivity index (χ4v) is 3.70. The third-order valence-electron chi connectivity index (χ3n) is 3.94. The first-order chi connectivity index (χ1) is 12.7. The van der Waals surface area contributed by atoms with Crippen LogP contribution in [-0.2, 0) is 6.54 Å². The lowest BCUT2D eigenvalue weighted by Crippen LogP contribution is -2.39. The second kappa shape index (κ2) is 8.82. The number of nitrogens with one attached hydrogen (secondary N) is 2. The molecule has 2 heterocycles. The zero-order chi connectivity index (χ0) is 18.4. The Balaban J connectivity index is 1.56. The van der Waals surface area contributed by atoms with Crippen molar-refractivity contribution in [1.29, 1.82) is 0 Å². The van der Waals surface area contributed by atoms with Gasteiger partial charge in [0.25, 0.3) is 0 Å². The van der Waals surface area contributed by atoms with E-state index >= 15 is 0 Å². The molecule has 0 bridgehead atoms. The molecule has 3 rings (SSSR count). The van der Waals surface area contributed by atoms with Crippen molar-refractivity contribution in [2.45, 2.75) is 26.5 Å². The number of fused-ring (bicyclic) bond motifs is 1. The van der Waals surface area contributed by atoms with Crippen LogP contribution in [0.15, 0.2) is 47.7 Å². The zero-order valence-corrected chi connectivity index (χ0v) is 16.0. The van der Waals surface area contributed by atoms with Crippen molar-refractivity contribution in [2.75, 3.05) is 19.6 Å². The Hall–Kier alpha value is -2.38. The summed E-state index contributed by atoms with van der Waals surface area (Å²) in [7, 11) is 0. The first-order valence-electron chi connectivity index (χ1n) is 8.83. The summed E-state index contributed by atoms with van der Waals surface area (Å²) in [5, 5.41) is 22.4. The van der Waals surface area contributed by atoms with Gasteiger partial charge in [0.05, 0.1) is 19.3 Å². The molecule has 0 aliphatic heterocycles. The van der Waals surface area contributed by atoms with E-state index in [9.17, 15) is 5.11 Å². The molecule has 6 nitrogen and oxygen atoms in total. The van der Waals surface area contributed by atoms with Crippen LogP contribution in [0, 0.1) is 6.92 Å². The van der Waals surface area contributed by atoms with Crippen molar-refractivity contribution in [3.63, 3.8) is 0 Å². The number of aryl methyl sites for hydroxylation is 1. The predicted molar refractivity (Wildman–Crippen MR) is 108 cm³/mol. The summed E-state index contributed by atoms with van der Waals surface area (Å²) < 4.78 is 3.09. The highest BCUT2D eigenvalue weighted by molar-refractivity contribution is 7.19. The van der Waals surface area contributed by atoms with Crippen molar-refractivity contribution in [1.82, 2.24) is 20.4 Å². The molecule has 26 heavy (non-hydrogen) atoms. The largest absolute Gasteiger partial charge is 0.386 e. The highest BCUT2D eigenvalue weighted by Gasteiger charge is 2.11. The molecule has 0 radical (unpaired) electrons. The summed E-state index contributed by atoms with van der Waals surface area (Å²) in [4.78, 5) is 5.46. The van der Waals surface area contributed by atoms with Crippen LogP contribution in [0.1, 0.15) is 23.5 Å². The van der Waals surface area contributed by atoms with Gasteiger partial charge in [-0.15, -0.1) is 11.3 Å². The summed E-state index contributed by atoms with van der Waals surface area (Å²) >= 11 is 1.62. The van der Waals surface area contributed by atoms with E-state index in [2.05, 4.69) is 32.9 Å². The average molecular weight is 372 g/mol. The van der Waals surface area contributed by atoms with E-state index in [1.807, 2.05) is 49.1 Å². The lowest BCUT2D eigenvalue weighted by atomic mass is 10.2. The van der Waals surface area contributed by atoms with Gasteiger partial charge in [-0.2, -0.15) is 5.10 Å². The highest BCUT2D eigenvalue weighted by Crippen LogP contribution is 2.29. The van der Waals surface area contributed by atoms with Crippen LogP contribution < -0.4 is 10.6 Å². The van der Waals surface area contributed by atoms with Crippen molar-refractivity contribution in [3.8, 4) is 0 Å². The maximum Gasteiger partial charge on any atom is 0.191 e. The SMILES string of the molecule is CCNC(=NCC(O)c1cc2ccccc2s1)NCCn1cc(C)cn1. The molecule has 0 aliphatic carbocycles. The second-order valence-corrected chi connectivity index (χ2v) is 7.24. The van der Waals surface area contributed by atoms with Gasteiger partial charge in [-0.3, -0.25) is 9.67 Å². The van der Waals surface area contributed by atoms with Crippen LogP contribution in [0.4, 0.5) is 0 Å². The Labute approximate surface area is 157 Å². The summed E-state index contributed by atoms with van der Waals surface area (Å²) in [5.74, 6) is 0.705. The molecule has 2 aromatic heterocycles. The fraction of sp³-hybridized carbons (Fsp3) is 0.368. The van der Waals surface area contributed by atoms with Crippen molar-refractivity contribution in [2.24, 2.45) is 4.99 Å². The molecule has 1 aromatic carbocycles. The maximum atomic E-state index is 10.5. The van der Waals surface area contributed by atoms with Gasteiger partial charge in [-0.05, 0) is 36.9 Å². The van der Waals surface area contributed by atoms with E-state index in [-0.39, 0.29) is 0 Å². The predicted octanol–water partition coefficient (Wildman–Crippen LogP) is 2.69. The van der Waals surface area contributed by atoms with Gasteiger partial charge in [0.2, 0.25) is 0 Å². The number of aromatic nitrogens is 2. The number of thiophene rings is 1. The topological polar surface area (TPSA) is 74.5 Å². The van der Waals surface area contributed by atoms with Gasteiger partial charge in [0.15, 0.2) is 5.96 Å². The summed E-state index contributed by atoms with van der Waals surface area (Å²) in [6.45, 7) is 6.62. The first-order valence-corrected chi connectivity index (χ1v) is 9.65. The van der Waals surface area contributed by atoms with E-state index in [0.29, 0.717) is 19.0 Å². The van der Waals surface area contributed by atoms with E-state index < -0.39 is 6.10 Å². The molecule has 3 N–H and O–H groups in total. The molecule has 3 aromatic rings. The lowest BCUT2D eigenvalue weighted by molar-refractivity contribution is 0.191. The Bertz CT molecular complexity index is 837. The third kappa shape index (κ3) is 4.83. The Morgan fingerprint density at radius 2 is 2.19 bits per heavy atom. The van der Waals surface area contributed by atoms with Crippen molar-refractivity contribution in [3.05, 3.63) is 53.2 Å². The van der Waals surface area contributed by atoms with Gasteiger partial charge in [0, 0.05) is 28.9 Å². The molecule has 0 amide bonds. The first kappa shape index (κ1) is 18.4. The summed E-state index contributed by atoms with van der Waals surface area (Å²) in [6, 6.07) is 10.2. The number of hydrogen-bond donors (Lipinski definition) is 3. The summed E-state index contributed by atoms with van der Waals surface area (Å²) in [5.41, 5.74) is 1.15. The Morgan fingerprint density at radius 1 is 1.35 bits per heavy atom. The Morgan fingerprint density at radius 3 is 2.92 bits per heavy atom. The number of hydrogen-bond acceptors (Lipinski definition) is 4. The monoisotopic (exact) mass is 371 g/mol. The molecule has 138 valence electrons. The minimum absolute atomic E-state index is 0.322. The fourth-order valence-electron chi connectivity index (χ4n) is 2.65. The average Bonchev–Trinajstić information content (AvgIpc) is 3.25. The highest BCUT2D eigenvalue weighted by atomic mass is 32.1. The molecule has 0 spiro atoms. The van der Waals surface area contributed by atoms with Crippen LogP contribution in [0.3, 0.4) is 0 Å². The molecule has 1 unspecified atom stereocenters. The molecule has 0 aliphatic rings. The number of benzene rings is 1. The smallest absolute Gasteiger partial charge is 0.191 e. The minimum Gasteiger partial charge on any atom is -0.386 e. The lowest BCUT2D eigenvalue weighted by Gasteiger charge is -2.12. The van der Waals surface area contributed by atoms with Gasteiger partial charge < -0.3 is 15.7 Å². The Kier molecular flexibility index (Phi) is 6.25. The van der Waals surface area contributed by atoms with Crippen LogP contribution in [0.5, 0.6) is 0 Å². The van der Waals surface area contributed by atoms with Crippen molar-refractivity contribution >= 4 is 27.4 Å². The van der Waals surface area contributed by atoms with E-state index in [1.54, 1.807) is 11.3 Å². The zero-order valence-electron chi connectivity index (χ0n) is 15.1. The minimum atomic E-state index is -0.600. The molecular formula is C19H25N5OS. The van der Waals surface area contributed by atoms with Crippen LogP contribution in [0.2, 0.25) is 0 Å². The second-order valence-electron chi connectivity index (χ2n) is 6.13. The number of aliphatic imine (C=N–C) groups is 1. The molecule has 1 atom stereocenters. The van der Waals surface area contributed by atoms with Gasteiger partial charge >= 0.3 is 0 Å². The van der Waals surface area contributed by atoms with Crippen molar-refractivity contribution < 1.29 is 5.11 Å². The van der Waals surface area contributed by atoms with Gasteiger partial charge in [-0.1, -0.05) is 18.2 Å². The molecule has 0 saturated heterocycles. The molecular weight excluding hydrogens is 346 g/mol. The van der Waals surface area contributed by atoms with E-state index in [1.165, 1.54) is 4.70 Å². The summed E-state index contributed by atoms with van der Waals surface area (Å²) in [6.07, 6.45) is 3.26. The number of aliphatic hydroxyl groups is 1. The maximum absolute atomic E-state index is 10.5.